The quantitative estimate of drug-likeness (QED) is 0.318. The number of sulfonamides is 1. The molecule has 2 heterocycles. The van der Waals surface area contributed by atoms with Crippen LogP contribution in [0.5, 0.6) is 11.5 Å². The zero-order valence-corrected chi connectivity index (χ0v) is 22.1. The second-order valence-corrected chi connectivity index (χ2v) is 10.7. The fourth-order valence-electron chi connectivity index (χ4n) is 4.51. The van der Waals surface area contributed by atoms with E-state index in [0.29, 0.717) is 47.0 Å². The van der Waals surface area contributed by atoms with E-state index in [0.717, 1.165) is 6.42 Å². The van der Waals surface area contributed by atoms with Crippen molar-refractivity contribution in [3.63, 3.8) is 0 Å². The number of quaternary nitrogens is 1. The van der Waals surface area contributed by atoms with Crippen LogP contribution in [0.3, 0.4) is 0 Å². The van der Waals surface area contributed by atoms with Crippen molar-refractivity contribution in [2.75, 3.05) is 37.3 Å². The van der Waals surface area contributed by atoms with Crippen molar-refractivity contribution in [1.82, 2.24) is 14.5 Å². The number of carbonyl (C=O) groups excluding carboxylic acids is 1. The fourth-order valence-corrected chi connectivity index (χ4v) is 5.56. The van der Waals surface area contributed by atoms with Crippen molar-refractivity contribution in [1.29, 1.82) is 0 Å². The van der Waals surface area contributed by atoms with Gasteiger partial charge in [0.15, 0.2) is 11.6 Å². The number of ether oxygens (including phenoxy) is 2. The number of hydrogen-bond donors (Lipinski definition) is 2. The number of likely N-dealkylation sites (tertiary alicyclic amines) is 1. The SMILES string of the molecule is COc1cc(Nc2nc3ccccc3nc2NS(=O)(=O)c2cccc([N+]3(C(C)=O)CCC3)c2)cc(OC)c1. The topological polar surface area (TPSA) is 120 Å². The van der Waals surface area contributed by atoms with Gasteiger partial charge in [0.05, 0.1) is 50.2 Å². The molecule has 38 heavy (non-hydrogen) atoms. The molecule has 0 unspecified atom stereocenters. The summed E-state index contributed by atoms with van der Waals surface area (Å²) in [7, 11) is -0.994. The molecule has 4 aromatic rings. The van der Waals surface area contributed by atoms with Crippen LogP contribution in [0.15, 0.2) is 71.6 Å². The van der Waals surface area contributed by atoms with E-state index in [2.05, 4.69) is 20.0 Å². The Labute approximate surface area is 220 Å². The Kier molecular flexibility index (Phi) is 6.64. The highest BCUT2D eigenvalue weighted by Gasteiger charge is 2.43. The minimum Gasteiger partial charge on any atom is -0.497 e. The minimum absolute atomic E-state index is 0.0145. The molecule has 196 valence electrons. The standard InChI is InChI=1S/C27H28N5O5S/c1-18(33)32(12-7-13-32)20-8-6-9-23(16-20)38(34,35)31-27-26(29-24-10-4-5-11-25(24)30-27)28-19-14-21(36-2)17-22(15-19)37-3/h4-6,8-11,14-17H,7,12-13H2,1-3H3,(H,28,29)(H,30,31)/q+1. The molecule has 0 saturated carbocycles. The number of nitrogens with zero attached hydrogens (tertiary/aromatic N) is 3. The Morgan fingerprint density at radius 3 is 2.05 bits per heavy atom. The van der Waals surface area contributed by atoms with Crippen molar-refractivity contribution < 1.29 is 22.7 Å². The molecule has 0 bridgehead atoms. The number of para-hydroxylation sites is 2. The van der Waals surface area contributed by atoms with Crippen LogP contribution in [0.4, 0.5) is 23.0 Å². The number of amides is 1. The lowest BCUT2D eigenvalue weighted by Crippen LogP contribution is -2.62. The predicted octanol–water partition coefficient (Wildman–Crippen LogP) is 4.45. The second-order valence-electron chi connectivity index (χ2n) is 9.03. The molecule has 11 heteroatoms. The number of hydrogen-bond acceptors (Lipinski definition) is 8. The van der Waals surface area contributed by atoms with Gasteiger partial charge in [-0.25, -0.2) is 27.7 Å². The van der Waals surface area contributed by atoms with Crippen molar-refractivity contribution in [2.45, 2.75) is 18.2 Å². The van der Waals surface area contributed by atoms with Gasteiger partial charge in [-0.1, -0.05) is 18.2 Å². The van der Waals surface area contributed by atoms with Crippen LogP contribution in [-0.4, -0.2) is 51.6 Å². The molecule has 1 aromatic heterocycles. The van der Waals surface area contributed by atoms with E-state index in [1.54, 1.807) is 68.8 Å². The van der Waals surface area contributed by atoms with E-state index in [9.17, 15) is 13.2 Å². The molecular weight excluding hydrogens is 506 g/mol. The van der Waals surface area contributed by atoms with Gasteiger partial charge in [0.2, 0.25) is 0 Å². The maximum absolute atomic E-state index is 13.6. The van der Waals surface area contributed by atoms with Crippen LogP contribution >= 0.6 is 0 Å². The molecular formula is C27H28N5O5S+. The number of methoxy groups -OCH3 is 2. The third-order valence-electron chi connectivity index (χ3n) is 6.72. The molecule has 0 atom stereocenters. The van der Waals surface area contributed by atoms with Crippen LogP contribution < -0.4 is 24.0 Å². The molecule has 2 N–H and O–H groups in total. The van der Waals surface area contributed by atoms with Crippen LogP contribution in [-0.2, 0) is 14.8 Å². The predicted molar refractivity (Wildman–Crippen MR) is 146 cm³/mol. The molecule has 0 aliphatic carbocycles. The van der Waals surface area contributed by atoms with E-state index < -0.39 is 10.0 Å². The normalized spacial score (nSPS) is 14.4. The van der Waals surface area contributed by atoms with Gasteiger partial charge in [0, 0.05) is 36.4 Å². The number of carbonyl (C=O) groups is 1. The highest BCUT2D eigenvalue weighted by atomic mass is 32.2. The largest absolute Gasteiger partial charge is 0.497 e. The van der Waals surface area contributed by atoms with Crippen LogP contribution in [0.1, 0.15) is 13.3 Å². The van der Waals surface area contributed by atoms with Gasteiger partial charge in [-0.3, -0.25) is 4.72 Å². The summed E-state index contributed by atoms with van der Waals surface area (Å²) in [6.45, 7) is 2.84. The van der Waals surface area contributed by atoms with Crippen LogP contribution in [0, 0.1) is 0 Å². The van der Waals surface area contributed by atoms with E-state index in [1.165, 1.54) is 13.0 Å². The number of anilines is 3. The number of rotatable bonds is 8. The van der Waals surface area contributed by atoms with E-state index in [-0.39, 0.29) is 26.9 Å². The maximum atomic E-state index is 13.6. The summed E-state index contributed by atoms with van der Waals surface area (Å²) in [4.78, 5) is 21.6. The highest BCUT2D eigenvalue weighted by molar-refractivity contribution is 7.92. The number of nitrogens with one attached hydrogen (secondary N) is 2. The Bertz CT molecular complexity index is 1610. The van der Waals surface area contributed by atoms with E-state index in [4.69, 9.17) is 9.47 Å². The second kappa shape index (κ2) is 9.92. The monoisotopic (exact) mass is 534 g/mol. The fraction of sp³-hybridized carbons (Fsp3) is 0.222. The number of aromatic nitrogens is 2. The third-order valence-corrected chi connectivity index (χ3v) is 8.06. The first-order valence-electron chi connectivity index (χ1n) is 12.0. The average Bonchev–Trinajstić information content (AvgIpc) is 2.88. The van der Waals surface area contributed by atoms with Crippen molar-refractivity contribution in [2.24, 2.45) is 0 Å². The maximum Gasteiger partial charge on any atom is 0.315 e. The summed E-state index contributed by atoms with van der Waals surface area (Å²) < 4.78 is 40.6. The van der Waals surface area contributed by atoms with Crippen molar-refractivity contribution >= 4 is 50.0 Å². The highest BCUT2D eigenvalue weighted by Crippen LogP contribution is 2.34. The van der Waals surface area contributed by atoms with Gasteiger partial charge in [-0.15, -0.1) is 0 Å². The van der Waals surface area contributed by atoms with Gasteiger partial charge >= 0.3 is 5.91 Å². The van der Waals surface area contributed by atoms with Gasteiger partial charge in [-0.05, 0) is 24.3 Å². The number of fused-ring (bicyclic) bond motifs is 1. The average molecular weight is 535 g/mol. The minimum atomic E-state index is -4.08. The van der Waals surface area contributed by atoms with Crippen molar-refractivity contribution in [3.8, 4) is 11.5 Å². The molecule has 0 radical (unpaired) electrons. The Hall–Kier alpha value is -4.22. The summed E-state index contributed by atoms with van der Waals surface area (Å²) >= 11 is 0. The summed E-state index contributed by atoms with van der Waals surface area (Å²) in [5.74, 6) is 1.31. The molecule has 10 nitrogen and oxygen atoms in total. The molecule has 1 saturated heterocycles. The lowest BCUT2D eigenvalue weighted by Gasteiger charge is -2.41. The molecule has 1 aliphatic rings. The van der Waals surface area contributed by atoms with E-state index >= 15 is 0 Å². The molecule has 0 spiro atoms. The lowest BCUT2D eigenvalue weighted by molar-refractivity contribution is -0.131. The number of benzene rings is 3. The smallest absolute Gasteiger partial charge is 0.315 e. The van der Waals surface area contributed by atoms with Crippen LogP contribution in [0.25, 0.3) is 11.0 Å². The Balaban J connectivity index is 1.55. The first-order valence-corrected chi connectivity index (χ1v) is 13.5. The van der Waals surface area contributed by atoms with Crippen LogP contribution in [0.2, 0.25) is 0 Å². The zero-order valence-electron chi connectivity index (χ0n) is 21.3. The first-order chi connectivity index (χ1) is 18.2. The van der Waals surface area contributed by atoms with Crippen molar-refractivity contribution in [3.05, 3.63) is 66.7 Å². The first kappa shape index (κ1) is 25.4. The van der Waals surface area contributed by atoms with Gasteiger partial charge in [0.1, 0.15) is 17.2 Å². The zero-order chi connectivity index (χ0) is 26.9. The Morgan fingerprint density at radius 2 is 1.50 bits per heavy atom. The molecule has 1 amide bonds. The van der Waals surface area contributed by atoms with Gasteiger partial charge < -0.3 is 14.8 Å². The van der Waals surface area contributed by atoms with E-state index in [1.807, 2.05) is 6.07 Å². The Morgan fingerprint density at radius 1 is 0.868 bits per heavy atom. The van der Waals surface area contributed by atoms with Gasteiger partial charge in [0.25, 0.3) is 10.0 Å². The molecule has 1 aliphatic heterocycles. The summed E-state index contributed by atoms with van der Waals surface area (Å²) in [5, 5.41) is 3.15. The molecule has 5 rings (SSSR count). The molecule has 3 aromatic carbocycles. The molecule has 1 fully saturated rings. The summed E-state index contributed by atoms with van der Waals surface area (Å²) in [5.41, 5.74) is 2.33. The third kappa shape index (κ3) is 4.73. The summed E-state index contributed by atoms with van der Waals surface area (Å²) in [6.07, 6.45) is 0.908. The summed E-state index contributed by atoms with van der Waals surface area (Å²) in [6, 6.07) is 18.9. The lowest BCUT2D eigenvalue weighted by atomic mass is 10.1. The van der Waals surface area contributed by atoms with Gasteiger partial charge in [-0.2, -0.15) is 0 Å².